The van der Waals surface area contributed by atoms with Crippen molar-refractivity contribution in [3.05, 3.63) is 23.8 Å². The van der Waals surface area contributed by atoms with Crippen molar-refractivity contribution in [3.63, 3.8) is 0 Å². The second kappa shape index (κ2) is 6.98. The van der Waals surface area contributed by atoms with Gasteiger partial charge in [0.2, 0.25) is 0 Å². The third-order valence-electron chi connectivity index (χ3n) is 4.52. The zero-order chi connectivity index (χ0) is 14.5. The van der Waals surface area contributed by atoms with Crippen LogP contribution in [0, 0.1) is 11.8 Å². The van der Waals surface area contributed by atoms with E-state index < -0.39 is 0 Å². The van der Waals surface area contributed by atoms with Gasteiger partial charge in [-0.15, -0.1) is 0 Å². The van der Waals surface area contributed by atoms with Gasteiger partial charge in [0.1, 0.15) is 11.5 Å². The molecule has 1 saturated carbocycles. The average Bonchev–Trinajstić information content (AvgIpc) is 2.48. The fourth-order valence-corrected chi connectivity index (χ4v) is 3.40. The van der Waals surface area contributed by atoms with Crippen molar-refractivity contribution in [1.82, 2.24) is 5.32 Å². The van der Waals surface area contributed by atoms with Gasteiger partial charge in [-0.25, -0.2) is 0 Å². The second-order valence-electron chi connectivity index (χ2n) is 5.99. The summed E-state index contributed by atoms with van der Waals surface area (Å²) in [6, 6.07) is 6.30. The molecule has 1 aromatic carbocycles. The highest BCUT2D eigenvalue weighted by Gasteiger charge is 2.29. The molecule has 3 nitrogen and oxygen atoms in total. The molecule has 0 radical (unpaired) electrons. The summed E-state index contributed by atoms with van der Waals surface area (Å²) in [6.45, 7) is 3.44. The van der Waals surface area contributed by atoms with Crippen molar-refractivity contribution in [1.29, 1.82) is 0 Å². The Morgan fingerprint density at radius 1 is 1.10 bits per heavy atom. The molecular weight excluding hydrogens is 250 g/mol. The summed E-state index contributed by atoms with van der Waals surface area (Å²) < 4.78 is 10.8. The molecule has 0 bridgehead atoms. The number of methoxy groups -OCH3 is 2. The van der Waals surface area contributed by atoms with Crippen LogP contribution in [0.25, 0.3) is 0 Å². The van der Waals surface area contributed by atoms with E-state index in [1.165, 1.54) is 24.8 Å². The summed E-state index contributed by atoms with van der Waals surface area (Å²) in [5.41, 5.74) is 1.35. The predicted molar refractivity (Wildman–Crippen MR) is 82.7 cm³/mol. The summed E-state index contributed by atoms with van der Waals surface area (Å²) in [6.07, 6.45) is 3.89. The van der Waals surface area contributed by atoms with Crippen molar-refractivity contribution in [2.45, 2.75) is 32.1 Å². The minimum Gasteiger partial charge on any atom is -0.497 e. The Bertz CT molecular complexity index is 411. The maximum atomic E-state index is 5.41. The molecule has 0 aromatic heterocycles. The molecule has 1 fully saturated rings. The minimum atomic E-state index is 0.593. The topological polar surface area (TPSA) is 30.5 Å². The molecule has 3 atom stereocenters. The molecule has 1 N–H and O–H groups in total. The van der Waals surface area contributed by atoms with Crippen molar-refractivity contribution in [2.75, 3.05) is 27.8 Å². The SMILES string of the molecule is CNCC1CCC(C)CC1c1cc(OC)cc(OC)c1. The third kappa shape index (κ3) is 3.45. The van der Waals surface area contributed by atoms with E-state index in [1.54, 1.807) is 14.2 Å². The minimum absolute atomic E-state index is 0.593. The first-order valence-corrected chi connectivity index (χ1v) is 7.55. The van der Waals surface area contributed by atoms with E-state index in [9.17, 15) is 0 Å². The van der Waals surface area contributed by atoms with Gasteiger partial charge in [-0.2, -0.15) is 0 Å². The average molecular weight is 277 g/mol. The molecule has 0 amide bonds. The van der Waals surface area contributed by atoms with E-state index in [0.29, 0.717) is 11.8 Å². The highest BCUT2D eigenvalue weighted by molar-refractivity contribution is 5.40. The third-order valence-corrected chi connectivity index (χ3v) is 4.52. The van der Waals surface area contributed by atoms with E-state index in [1.807, 2.05) is 13.1 Å². The molecule has 1 aliphatic rings. The molecule has 112 valence electrons. The van der Waals surface area contributed by atoms with Crippen LogP contribution in [0.3, 0.4) is 0 Å². The van der Waals surface area contributed by atoms with Gasteiger partial charge < -0.3 is 14.8 Å². The number of hydrogen-bond donors (Lipinski definition) is 1. The van der Waals surface area contributed by atoms with Crippen molar-refractivity contribution in [3.8, 4) is 11.5 Å². The Labute approximate surface area is 122 Å². The van der Waals surface area contributed by atoms with Crippen LogP contribution < -0.4 is 14.8 Å². The summed E-state index contributed by atoms with van der Waals surface area (Å²) in [7, 11) is 5.47. The van der Waals surface area contributed by atoms with Crippen LogP contribution in [-0.4, -0.2) is 27.8 Å². The van der Waals surface area contributed by atoms with Gasteiger partial charge in [0.25, 0.3) is 0 Å². The maximum Gasteiger partial charge on any atom is 0.122 e. The largest absolute Gasteiger partial charge is 0.497 e. The molecule has 3 unspecified atom stereocenters. The van der Waals surface area contributed by atoms with Crippen LogP contribution in [0.5, 0.6) is 11.5 Å². The zero-order valence-corrected chi connectivity index (χ0v) is 13.1. The number of hydrogen-bond acceptors (Lipinski definition) is 3. The maximum absolute atomic E-state index is 5.41. The van der Waals surface area contributed by atoms with Crippen molar-refractivity contribution in [2.24, 2.45) is 11.8 Å². The Kier molecular flexibility index (Phi) is 5.30. The van der Waals surface area contributed by atoms with Gasteiger partial charge in [0, 0.05) is 6.07 Å². The summed E-state index contributed by atoms with van der Waals surface area (Å²) >= 11 is 0. The first kappa shape index (κ1) is 15.2. The lowest BCUT2D eigenvalue weighted by molar-refractivity contribution is 0.244. The molecule has 1 aliphatic carbocycles. The summed E-state index contributed by atoms with van der Waals surface area (Å²) in [4.78, 5) is 0. The Hall–Kier alpha value is -1.22. The van der Waals surface area contributed by atoms with Gasteiger partial charge in [0.15, 0.2) is 0 Å². The van der Waals surface area contributed by atoms with E-state index in [-0.39, 0.29) is 0 Å². The monoisotopic (exact) mass is 277 g/mol. The normalized spacial score (nSPS) is 26.3. The van der Waals surface area contributed by atoms with Gasteiger partial charge >= 0.3 is 0 Å². The standard InChI is InChI=1S/C17H27NO2/c1-12-5-6-13(11-18-2)17(7-12)14-8-15(19-3)10-16(9-14)20-4/h8-10,12-13,17-18H,5-7,11H2,1-4H3. The predicted octanol–water partition coefficient (Wildman–Crippen LogP) is 3.44. The van der Waals surface area contributed by atoms with Gasteiger partial charge in [-0.3, -0.25) is 0 Å². The van der Waals surface area contributed by atoms with Gasteiger partial charge in [-0.05, 0) is 61.9 Å². The van der Waals surface area contributed by atoms with Crippen LogP contribution in [0.4, 0.5) is 0 Å². The summed E-state index contributed by atoms with van der Waals surface area (Å²) in [5.74, 6) is 3.87. The van der Waals surface area contributed by atoms with Gasteiger partial charge in [0.05, 0.1) is 14.2 Å². The number of nitrogens with one attached hydrogen (secondary N) is 1. The highest BCUT2D eigenvalue weighted by Crippen LogP contribution is 2.42. The lowest BCUT2D eigenvalue weighted by Crippen LogP contribution is -2.30. The van der Waals surface area contributed by atoms with Gasteiger partial charge in [-0.1, -0.05) is 13.3 Å². The van der Waals surface area contributed by atoms with E-state index >= 15 is 0 Å². The first-order valence-electron chi connectivity index (χ1n) is 7.55. The Morgan fingerprint density at radius 2 is 1.75 bits per heavy atom. The first-order chi connectivity index (χ1) is 9.67. The van der Waals surface area contributed by atoms with Crippen LogP contribution in [0.2, 0.25) is 0 Å². The zero-order valence-electron chi connectivity index (χ0n) is 13.1. The van der Waals surface area contributed by atoms with Crippen LogP contribution in [0.15, 0.2) is 18.2 Å². The second-order valence-corrected chi connectivity index (χ2v) is 5.99. The van der Waals surface area contributed by atoms with Crippen LogP contribution >= 0.6 is 0 Å². The number of rotatable bonds is 5. The molecule has 3 heteroatoms. The molecule has 0 saturated heterocycles. The Morgan fingerprint density at radius 3 is 2.30 bits per heavy atom. The molecule has 1 aromatic rings. The highest BCUT2D eigenvalue weighted by atomic mass is 16.5. The fourth-order valence-electron chi connectivity index (χ4n) is 3.40. The Balaban J connectivity index is 2.30. The van der Waals surface area contributed by atoms with E-state index in [2.05, 4.69) is 24.4 Å². The number of ether oxygens (including phenoxy) is 2. The van der Waals surface area contributed by atoms with Crippen molar-refractivity contribution < 1.29 is 9.47 Å². The smallest absolute Gasteiger partial charge is 0.122 e. The molecule has 0 aliphatic heterocycles. The van der Waals surface area contributed by atoms with E-state index in [4.69, 9.17) is 9.47 Å². The molecule has 20 heavy (non-hydrogen) atoms. The number of benzene rings is 1. The quantitative estimate of drug-likeness (QED) is 0.894. The van der Waals surface area contributed by atoms with Crippen LogP contribution in [-0.2, 0) is 0 Å². The summed E-state index contributed by atoms with van der Waals surface area (Å²) in [5, 5.41) is 3.35. The molecular formula is C17H27NO2. The van der Waals surface area contributed by atoms with Crippen molar-refractivity contribution >= 4 is 0 Å². The van der Waals surface area contributed by atoms with E-state index in [0.717, 1.165) is 24.0 Å². The molecule has 0 spiro atoms. The lowest BCUT2D eigenvalue weighted by Gasteiger charge is -2.35. The van der Waals surface area contributed by atoms with Crippen LogP contribution in [0.1, 0.15) is 37.7 Å². The fraction of sp³-hybridized carbons (Fsp3) is 0.647. The lowest BCUT2D eigenvalue weighted by atomic mass is 9.71. The molecule has 0 heterocycles. The molecule has 2 rings (SSSR count).